The molecule has 0 saturated heterocycles. The number of ether oxygens (including phenoxy) is 1. The predicted molar refractivity (Wildman–Crippen MR) is 84.9 cm³/mol. The molecule has 1 aliphatic heterocycles. The summed E-state index contributed by atoms with van der Waals surface area (Å²) in [6.45, 7) is 6.04. The van der Waals surface area contributed by atoms with E-state index in [0.29, 0.717) is 0 Å². The number of para-hydroxylation sites is 1. The fourth-order valence-electron chi connectivity index (χ4n) is 2.78. The van der Waals surface area contributed by atoms with Crippen molar-refractivity contribution in [2.45, 2.75) is 45.8 Å². The molecule has 112 valence electrons. The molecule has 0 amide bonds. The van der Waals surface area contributed by atoms with Gasteiger partial charge in [0.15, 0.2) is 0 Å². The highest BCUT2D eigenvalue weighted by Gasteiger charge is 2.23. The van der Waals surface area contributed by atoms with Gasteiger partial charge in [0.1, 0.15) is 11.9 Å². The third kappa shape index (κ3) is 3.20. The highest BCUT2D eigenvalue weighted by molar-refractivity contribution is 5.37. The molecule has 1 N–H and O–H groups in total. The number of imidazole rings is 1. The van der Waals surface area contributed by atoms with Crippen molar-refractivity contribution in [1.29, 1.82) is 0 Å². The second kappa shape index (κ2) is 6.20. The smallest absolute Gasteiger partial charge is 0.203 e. The molecule has 1 unspecified atom stereocenters. The number of unbranched alkanes of at least 4 members (excludes halogenated alkanes) is 1. The Kier molecular flexibility index (Phi) is 4.13. The second-order valence-corrected chi connectivity index (χ2v) is 5.69. The van der Waals surface area contributed by atoms with Crippen LogP contribution in [0.5, 0.6) is 5.75 Å². The summed E-state index contributed by atoms with van der Waals surface area (Å²) in [7, 11) is 0. The predicted octanol–water partition coefficient (Wildman–Crippen LogP) is 3.41. The van der Waals surface area contributed by atoms with E-state index in [1.165, 1.54) is 12.0 Å². The molecule has 0 saturated carbocycles. The molecule has 21 heavy (non-hydrogen) atoms. The summed E-state index contributed by atoms with van der Waals surface area (Å²) >= 11 is 0. The quantitative estimate of drug-likeness (QED) is 0.827. The van der Waals surface area contributed by atoms with Crippen molar-refractivity contribution >= 4 is 5.95 Å². The lowest BCUT2D eigenvalue weighted by Crippen LogP contribution is -2.22. The van der Waals surface area contributed by atoms with Gasteiger partial charge in [0.05, 0.1) is 12.2 Å². The molecular weight excluding hydrogens is 262 g/mol. The van der Waals surface area contributed by atoms with E-state index in [1.807, 2.05) is 13.0 Å². The monoisotopic (exact) mass is 285 g/mol. The second-order valence-electron chi connectivity index (χ2n) is 5.69. The topological polar surface area (TPSA) is 39.1 Å². The van der Waals surface area contributed by atoms with Crippen LogP contribution in [0.1, 0.15) is 31.0 Å². The van der Waals surface area contributed by atoms with Crippen LogP contribution < -0.4 is 10.1 Å². The van der Waals surface area contributed by atoms with Crippen LogP contribution in [-0.4, -0.2) is 22.2 Å². The van der Waals surface area contributed by atoms with Gasteiger partial charge >= 0.3 is 0 Å². The first-order valence-corrected chi connectivity index (χ1v) is 7.78. The van der Waals surface area contributed by atoms with Gasteiger partial charge in [-0.05, 0) is 25.0 Å². The van der Waals surface area contributed by atoms with Crippen molar-refractivity contribution < 1.29 is 4.74 Å². The van der Waals surface area contributed by atoms with E-state index in [4.69, 9.17) is 4.74 Å². The first kappa shape index (κ1) is 14.0. The van der Waals surface area contributed by atoms with Gasteiger partial charge in [-0.15, -0.1) is 0 Å². The zero-order valence-electron chi connectivity index (χ0n) is 12.8. The van der Waals surface area contributed by atoms with Gasteiger partial charge in [-0.2, -0.15) is 0 Å². The molecule has 0 fully saturated rings. The number of aryl methyl sites for hydroxylation is 1. The van der Waals surface area contributed by atoms with Crippen LogP contribution in [0.15, 0.2) is 30.5 Å². The lowest BCUT2D eigenvalue weighted by molar-refractivity contribution is 0.210. The molecule has 0 radical (unpaired) electrons. The minimum atomic E-state index is 0.197. The molecule has 0 aliphatic carbocycles. The minimum Gasteiger partial charge on any atom is -0.488 e. The van der Waals surface area contributed by atoms with Gasteiger partial charge < -0.3 is 14.6 Å². The summed E-state index contributed by atoms with van der Waals surface area (Å²) in [4.78, 5) is 4.57. The van der Waals surface area contributed by atoms with Crippen LogP contribution in [-0.2, 0) is 13.0 Å². The van der Waals surface area contributed by atoms with Gasteiger partial charge in [-0.3, -0.25) is 0 Å². The van der Waals surface area contributed by atoms with E-state index in [1.54, 1.807) is 0 Å². The number of nitrogens with zero attached hydrogens (tertiary/aromatic N) is 2. The van der Waals surface area contributed by atoms with E-state index >= 15 is 0 Å². The number of anilines is 1. The fourth-order valence-corrected chi connectivity index (χ4v) is 2.78. The Morgan fingerprint density at radius 1 is 1.38 bits per heavy atom. The number of rotatable bonds is 6. The molecule has 1 aromatic carbocycles. The van der Waals surface area contributed by atoms with E-state index < -0.39 is 0 Å². The van der Waals surface area contributed by atoms with E-state index in [2.05, 4.69) is 46.2 Å². The van der Waals surface area contributed by atoms with Crippen molar-refractivity contribution in [3.05, 3.63) is 41.7 Å². The van der Waals surface area contributed by atoms with Crippen molar-refractivity contribution in [3.63, 3.8) is 0 Å². The Bertz CT molecular complexity index is 581. The molecule has 2 aromatic rings. The first-order valence-electron chi connectivity index (χ1n) is 7.78. The molecule has 4 heteroatoms. The highest BCUT2D eigenvalue weighted by atomic mass is 16.5. The van der Waals surface area contributed by atoms with Crippen LogP contribution in [0.2, 0.25) is 0 Å². The number of hydrogen-bond donors (Lipinski definition) is 1. The molecule has 3 rings (SSSR count). The van der Waals surface area contributed by atoms with Gasteiger partial charge in [-0.1, -0.05) is 31.5 Å². The molecule has 1 aliphatic rings. The summed E-state index contributed by atoms with van der Waals surface area (Å²) in [6, 6.07) is 8.30. The third-order valence-electron chi connectivity index (χ3n) is 3.82. The minimum absolute atomic E-state index is 0.197. The number of aromatic nitrogens is 2. The van der Waals surface area contributed by atoms with E-state index in [9.17, 15) is 0 Å². The van der Waals surface area contributed by atoms with Crippen LogP contribution in [0.25, 0.3) is 0 Å². The van der Waals surface area contributed by atoms with Crippen molar-refractivity contribution in [1.82, 2.24) is 9.55 Å². The number of nitrogens with one attached hydrogen (secondary N) is 1. The van der Waals surface area contributed by atoms with Gasteiger partial charge in [0, 0.05) is 19.2 Å². The summed E-state index contributed by atoms with van der Waals surface area (Å²) in [6.07, 6.45) is 5.62. The molecule has 1 aromatic heterocycles. The lowest BCUT2D eigenvalue weighted by atomic mass is 10.1. The largest absolute Gasteiger partial charge is 0.488 e. The Morgan fingerprint density at radius 3 is 3.05 bits per heavy atom. The van der Waals surface area contributed by atoms with Crippen molar-refractivity contribution in [2.24, 2.45) is 0 Å². The maximum absolute atomic E-state index is 6.02. The average Bonchev–Trinajstić information content (AvgIpc) is 3.02. The average molecular weight is 285 g/mol. The summed E-state index contributed by atoms with van der Waals surface area (Å²) in [5.74, 6) is 1.99. The molecular formula is C17H23N3O. The van der Waals surface area contributed by atoms with Crippen LogP contribution in [0, 0.1) is 6.92 Å². The summed E-state index contributed by atoms with van der Waals surface area (Å²) < 4.78 is 8.21. The zero-order chi connectivity index (χ0) is 14.7. The van der Waals surface area contributed by atoms with Crippen LogP contribution >= 0.6 is 0 Å². The number of hydrogen-bond acceptors (Lipinski definition) is 3. The Hall–Kier alpha value is -1.97. The maximum atomic E-state index is 6.02. The SMILES string of the molecule is CCCCNc1nc(C)cn1CC1Cc2ccccc2O1. The molecule has 0 spiro atoms. The Balaban J connectivity index is 1.66. The zero-order valence-corrected chi connectivity index (χ0v) is 12.8. The van der Waals surface area contributed by atoms with E-state index in [-0.39, 0.29) is 6.10 Å². The van der Waals surface area contributed by atoms with Gasteiger partial charge in [0.25, 0.3) is 0 Å². The number of fused-ring (bicyclic) bond motifs is 1. The highest BCUT2D eigenvalue weighted by Crippen LogP contribution is 2.29. The lowest BCUT2D eigenvalue weighted by Gasteiger charge is -2.14. The summed E-state index contributed by atoms with van der Waals surface area (Å²) in [5, 5.41) is 3.43. The van der Waals surface area contributed by atoms with Crippen molar-refractivity contribution in [3.8, 4) is 5.75 Å². The standard InChI is InChI=1S/C17H23N3O/c1-3-4-9-18-17-19-13(2)11-20(17)12-15-10-14-7-5-6-8-16(14)21-15/h5-8,11,15H,3-4,9-10,12H2,1-2H3,(H,18,19). The Morgan fingerprint density at radius 2 is 2.24 bits per heavy atom. The van der Waals surface area contributed by atoms with Crippen molar-refractivity contribution in [2.75, 3.05) is 11.9 Å². The molecule has 0 bridgehead atoms. The molecule has 4 nitrogen and oxygen atoms in total. The van der Waals surface area contributed by atoms with Crippen LogP contribution in [0.3, 0.4) is 0 Å². The first-order chi connectivity index (χ1) is 10.3. The van der Waals surface area contributed by atoms with Crippen LogP contribution in [0.4, 0.5) is 5.95 Å². The van der Waals surface area contributed by atoms with Gasteiger partial charge in [0.2, 0.25) is 5.95 Å². The third-order valence-corrected chi connectivity index (χ3v) is 3.82. The fraction of sp³-hybridized carbons (Fsp3) is 0.471. The summed E-state index contributed by atoms with van der Waals surface area (Å²) in [5.41, 5.74) is 2.35. The maximum Gasteiger partial charge on any atom is 0.203 e. The Labute approximate surface area is 126 Å². The number of benzene rings is 1. The molecule has 1 atom stereocenters. The van der Waals surface area contributed by atoms with Gasteiger partial charge in [-0.25, -0.2) is 4.98 Å². The molecule has 2 heterocycles. The van der Waals surface area contributed by atoms with E-state index in [0.717, 1.165) is 43.3 Å². The normalized spacial score (nSPS) is 16.6.